The molecule has 1 aliphatic carbocycles. The van der Waals surface area contributed by atoms with Gasteiger partial charge in [-0.15, -0.1) is 0 Å². The van der Waals surface area contributed by atoms with Crippen LogP contribution in [0.2, 0.25) is 0 Å². The Morgan fingerprint density at radius 3 is 2.73 bits per heavy atom. The van der Waals surface area contributed by atoms with Crippen molar-refractivity contribution >= 4 is 5.97 Å². The van der Waals surface area contributed by atoms with E-state index < -0.39 is 0 Å². The lowest BCUT2D eigenvalue weighted by Gasteiger charge is -2.25. The highest BCUT2D eigenvalue weighted by Gasteiger charge is 2.19. The lowest BCUT2D eigenvalue weighted by molar-refractivity contribution is -0.138. The van der Waals surface area contributed by atoms with Gasteiger partial charge in [0, 0.05) is 5.57 Å². The van der Waals surface area contributed by atoms with Crippen LogP contribution in [-0.4, -0.2) is 23.8 Å². The van der Waals surface area contributed by atoms with Gasteiger partial charge in [-0.1, -0.05) is 31.2 Å². The van der Waals surface area contributed by atoms with Gasteiger partial charge in [0.25, 0.3) is 0 Å². The Balaban J connectivity index is 2.24. The first kappa shape index (κ1) is 18.7. The van der Waals surface area contributed by atoms with Gasteiger partial charge in [-0.25, -0.2) is 4.79 Å². The van der Waals surface area contributed by atoms with Gasteiger partial charge in [0.15, 0.2) is 0 Å². The molecule has 1 aliphatic rings. The molecule has 1 rings (SSSR count). The van der Waals surface area contributed by atoms with Gasteiger partial charge in [0.05, 0.1) is 12.7 Å². The van der Waals surface area contributed by atoms with Crippen molar-refractivity contribution in [2.75, 3.05) is 6.61 Å². The summed E-state index contributed by atoms with van der Waals surface area (Å²) in [7, 11) is 0. The summed E-state index contributed by atoms with van der Waals surface area (Å²) >= 11 is 0. The van der Waals surface area contributed by atoms with E-state index in [0.717, 1.165) is 38.5 Å². The van der Waals surface area contributed by atoms with Crippen molar-refractivity contribution in [3.05, 3.63) is 36.0 Å². The summed E-state index contributed by atoms with van der Waals surface area (Å²) in [5.41, 5.74) is 2.93. The average Bonchev–Trinajstić information content (AvgIpc) is 2.51. The van der Waals surface area contributed by atoms with Crippen molar-refractivity contribution in [1.82, 2.24) is 0 Å². The zero-order valence-corrected chi connectivity index (χ0v) is 14.1. The van der Waals surface area contributed by atoms with Gasteiger partial charge < -0.3 is 9.84 Å². The molecule has 0 fully saturated rings. The molecule has 0 radical (unpaired) electrons. The quantitative estimate of drug-likeness (QED) is 0.298. The summed E-state index contributed by atoms with van der Waals surface area (Å²) in [6, 6.07) is 0. The minimum atomic E-state index is -0.345. The van der Waals surface area contributed by atoms with Crippen LogP contribution < -0.4 is 0 Å². The first-order valence-electron chi connectivity index (χ1n) is 8.33. The molecule has 1 N–H and O–H groups in total. The number of rotatable bonds is 9. The zero-order valence-electron chi connectivity index (χ0n) is 14.1. The molecule has 0 saturated carbocycles. The molecule has 124 valence electrons. The monoisotopic (exact) mass is 306 g/mol. The Kier molecular flexibility index (Phi) is 8.18. The van der Waals surface area contributed by atoms with Crippen LogP contribution in [0.1, 0.15) is 58.8 Å². The minimum Gasteiger partial charge on any atom is -0.463 e. The fourth-order valence-corrected chi connectivity index (χ4v) is 2.80. The number of carbonyl (C=O) groups is 1. The maximum atomic E-state index is 11.4. The molecule has 0 saturated heterocycles. The number of ether oxygens (including phenoxy) is 1. The summed E-state index contributed by atoms with van der Waals surface area (Å²) in [5, 5.41) is 10.3. The van der Waals surface area contributed by atoms with E-state index in [9.17, 15) is 9.90 Å². The molecule has 0 heterocycles. The fourth-order valence-electron chi connectivity index (χ4n) is 2.80. The molecule has 3 heteroatoms. The second-order valence-electron chi connectivity index (χ2n) is 6.18. The van der Waals surface area contributed by atoms with E-state index in [1.807, 2.05) is 0 Å². The Hall–Kier alpha value is -1.35. The predicted molar refractivity (Wildman–Crippen MR) is 90.5 cm³/mol. The molecular formula is C19H30O3. The number of aliphatic hydroxyl groups excluding tert-OH is 1. The predicted octanol–water partition coefficient (Wildman–Crippen LogP) is 4.33. The van der Waals surface area contributed by atoms with Gasteiger partial charge in [0.1, 0.15) is 0 Å². The third-order valence-corrected chi connectivity index (χ3v) is 4.34. The van der Waals surface area contributed by atoms with E-state index in [2.05, 4.69) is 26.2 Å². The maximum Gasteiger partial charge on any atom is 0.333 e. The van der Waals surface area contributed by atoms with Crippen molar-refractivity contribution < 1.29 is 14.6 Å². The number of hydrogen-bond donors (Lipinski definition) is 1. The van der Waals surface area contributed by atoms with Crippen molar-refractivity contribution in [2.45, 2.75) is 64.9 Å². The second-order valence-corrected chi connectivity index (χ2v) is 6.18. The van der Waals surface area contributed by atoms with E-state index in [-0.39, 0.29) is 12.1 Å². The third-order valence-electron chi connectivity index (χ3n) is 4.34. The van der Waals surface area contributed by atoms with Gasteiger partial charge in [-0.3, -0.25) is 0 Å². The van der Waals surface area contributed by atoms with Gasteiger partial charge in [-0.2, -0.15) is 0 Å². The van der Waals surface area contributed by atoms with Crippen molar-refractivity contribution in [3.63, 3.8) is 0 Å². The largest absolute Gasteiger partial charge is 0.463 e. The van der Waals surface area contributed by atoms with Gasteiger partial charge in [-0.05, 0) is 63.9 Å². The summed E-state index contributed by atoms with van der Waals surface area (Å²) < 4.78 is 4.90. The van der Waals surface area contributed by atoms with Crippen LogP contribution in [-0.2, 0) is 9.53 Å². The number of esters is 1. The van der Waals surface area contributed by atoms with Crippen LogP contribution >= 0.6 is 0 Å². The lowest BCUT2D eigenvalue weighted by Crippen LogP contribution is -2.16. The van der Waals surface area contributed by atoms with Crippen LogP contribution in [0.15, 0.2) is 36.0 Å². The van der Waals surface area contributed by atoms with Crippen molar-refractivity contribution in [1.29, 1.82) is 0 Å². The average molecular weight is 306 g/mol. The Morgan fingerprint density at radius 2 is 2.18 bits per heavy atom. The molecular weight excluding hydrogens is 276 g/mol. The Morgan fingerprint density at radius 1 is 1.45 bits per heavy atom. The SMILES string of the molecule is C=C(CCCC[C@H](O)C1=CC[C@@H](C(=C)C)CC1)C(=O)OCC. The van der Waals surface area contributed by atoms with Crippen LogP contribution in [0.25, 0.3) is 0 Å². The van der Waals surface area contributed by atoms with Gasteiger partial charge in [0.2, 0.25) is 0 Å². The Labute approximate surface area is 134 Å². The lowest BCUT2D eigenvalue weighted by atomic mass is 9.83. The molecule has 2 atom stereocenters. The number of allylic oxidation sites excluding steroid dienone is 2. The molecule has 3 nitrogen and oxygen atoms in total. The molecule has 0 bridgehead atoms. The van der Waals surface area contributed by atoms with E-state index in [1.165, 1.54) is 11.1 Å². The molecule has 0 aromatic rings. The minimum absolute atomic E-state index is 0.302. The first-order valence-corrected chi connectivity index (χ1v) is 8.33. The molecule has 0 unspecified atom stereocenters. The number of aliphatic hydroxyl groups is 1. The van der Waals surface area contributed by atoms with Crippen molar-refractivity contribution in [2.24, 2.45) is 5.92 Å². The standard InChI is InChI=1S/C19H30O3/c1-5-22-19(21)15(4)8-6-7-9-18(20)17-12-10-16(11-13-17)14(2)3/h12,16,18,20H,2,4-11,13H2,1,3H3/t16-,18+/m1/s1. The molecule has 0 aromatic carbocycles. The molecule has 0 aromatic heterocycles. The smallest absolute Gasteiger partial charge is 0.333 e. The molecule has 0 amide bonds. The summed E-state index contributed by atoms with van der Waals surface area (Å²) in [5.74, 6) is 0.271. The molecule has 0 aliphatic heterocycles. The van der Waals surface area contributed by atoms with Crippen LogP contribution in [0, 0.1) is 5.92 Å². The van der Waals surface area contributed by atoms with Crippen LogP contribution in [0.3, 0.4) is 0 Å². The third kappa shape index (κ3) is 6.18. The van der Waals surface area contributed by atoms with E-state index in [1.54, 1.807) is 6.92 Å². The zero-order chi connectivity index (χ0) is 16.5. The number of carbonyl (C=O) groups excluding carboxylic acids is 1. The summed E-state index contributed by atoms with van der Waals surface area (Å²) in [4.78, 5) is 11.4. The normalized spacial score (nSPS) is 19.2. The first-order chi connectivity index (χ1) is 10.5. The summed E-state index contributed by atoms with van der Waals surface area (Å²) in [6.07, 6.45) is 8.04. The molecule has 0 spiro atoms. The van der Waals surface area contributed by atoms with Crippen LogP contribution in [0.5, 0.6) is 0 Å². The van der Waals surface area contributed by atoms with Crippen molar-refractivity contribution in [3.8, 4) is 0 Å². The maximum absolute atomic E-state index is 11.4. The Bertz CT molecular complexity index is 434. The fraction of sp³-hybridized carbons (Fsp3) is 0.632. The van der Waals surface area contributed by atoms with E-state index in [0.29, 0.717) is 24.5 Å². The number of unbranched alkanes of at least 4 members (excludes halogenated alkanes) is 1. The highest BCUT2D eigenvalue weighted by Crippen LogP contribution is 2.30. The van der Waals surface area contributed by atoms with Gasteiger partial charge >= 0.3 is 5.97 Å². The highest BCUT2D eigenvalue weighted by molar-refractivity contribution is 5.87. The highest BCUT2D eigenvalue weighted by atomic mass is 16.5. The summed E-state index contributed by atoms with van der Waals surface area (Å²) in [6.45, 7) is 12.0. The van der Waals surface area contributed by atoms with E-state index >= 15 is 0 Å². The second kappa shape index (κ2) is 9.62. The van der Waals surface area contributed by atoms with Crippen LogP contribution in [0.4, 0.5) is 0 Å². The number of hydrogen-bond acceptors (Lipinski definition) is 3. The molecule has 22 heavy (non-hydrogen) atoms. The van der Waals surface area contributed by atoms with E-state index in [4.69, 9.17) is 4.74 Å². The topological polar surface area (TPSA) is 46.5 Å².